The van der Waals surface area contributed by atoms with Crippen molar-refractivity contribution >= 4 is 23.2 Å². The predicted molar refractivity (Wildman–Crippen MR) is 92.7 cm³/mol. The normalized spacial score (nSPS) is 10.3. The highest BCUT2D eigenvalue weighted by molar-refractivity contribution is 7.12. The molecule has 0 unspecified atom stereocenters. The van der Waals surface area contributed by atoms with Crippen molar-refractivity contribution in [3.8, 4) is 11.1 Å². The summed E-state index contributed by atoms with van der Waals surface area (Å²) in [7, 11) is 0. The van der Waals surface area contributed by atoms with Gasteiger partial charge in [0.2, 0.25) is 0 Å². The molecule has 0 bridgehead atoms. The van der Waals surface area contributed by atoms with Gasteiger partial charge in [0.25, 0.3) is 5.91 Å². The molecule has 1 aromatic carbocycles. The number of aryl methyl sites for hydroxylation is 1. The highest BCUT2D eigenvalue weighted by atomic mass is 32.1. The Kier molecular flexibility index (Phi) is 6.35. The van der Waals surface area contributed by atoms with Crippen molar-refractivity contribution in [2.75, 3.05) is 13.2 Å². The number of hydrogen-bond donors (Lipinski definition) is 1. The second-order valence-electron chi connectivity index (χ2n) is 5.31. The molecule has 0 saturated carbocycles. The number of carbonyl (C=O) groups is 2. The zero-order chi connectivity index (χ0) is 16.7. The number of esters is 1. The first kappa shape index (κ1) is 17.2. The second-order valence-corrected chi connectivity index (χ2v) is 6.23. The highest BCUT2D eigenvalue weighted by Crippen LogP contribution is 2.29. The summed E-state index contributed by atoms with van der Waals surface area (Å²) in [6, 6.07) is 9.86. The van der Waals surface area contributed by atoms with Crippen LogP contribution >= 0.6 is 11.3 Å². The quantitative estimate of drug-likeness (QED) is 0.620. The van der Waals surface area contributed by atoms with Gasteiger partial charge in [-0.2, -0.15) is 0 Å². The van der Waals surface area contributed by atoms with Gasteiger partial charge in [0.15, 0.2) is 6.61 Å². The molecule has 0 aliphatic carbocycles. The van der Waals surface area contributed by atoms with Crippen molar-refractivity contribution in [3.63, 3.8) is 0 Å². The summed E-state index contributed by atoms with van der Waals surface area (Å²) in [5.74, 6) is -0.721. The van der Waals surface area contributed by atoms with E-state index in [1.807, 2.05) is 42.6 Å². The third-order valence-corrected chi connectivity index (χ3v) is 4.29. The molecule has 4 nitrogen and oxygen atoms in total. The van der Waals surface area contributed by atoms with E-state index in [2.05, 4.69) is 12.2 Å². The zero-order valence-electron chi connectivity index (χ0n) is 13.4. The molecular weight excluding hydrogens is 310 g/mol. The van der Waals surface area contributed by atoms with Crippen LogP contribution in [0.15, 0.2) is 35.7 Å². The van der Waals surface area contributed by atoms with Crippen LogP contribution in [0.1, 0.15) is 35.0 Å². The third-order valence-electron chi connectivity index (χ3n) is 3.40. The van der Waals surface area contributed by atoms with Crippen LogP contribution in [0.4, 0.5) is 0 Å². The Balaban J connectivity index is 1.97. The van der Waals surface area contributed by atoms with Crippen molar-refractivity contribution in [3.05, 3.63) is 46.2 Å². The Bertz CT molecular complexity index is 661. The molecule has 0 atom stereocenters. The summed E-state index contributed by atoms with van der Waals surface area (Å²) in [5, 5.41) is 4.58. The number of thiophene rings is 1. The van der Waals surface area contributed by atoms with Crippen LogP contribution in [0.2, 0.25) is 0 Å². The average Bonchev–Trinajstić information content (AvgIpc) is 3.03. The molecule has 2 aromatic rings. The summed E-state index contributed by atoms with van der Waals surface area (Å²) >= 11 is 1.32. The molecule has 1 N–H and O–H groups in total. The topological polar surface area (TPSA) is 55.4 Å². The summed E-state index contributed by atoms with van der Waals surface area (Å²) in [4.78, 5) is 24.3. The molecule has 23 heavy (non-hydrogen) atoms. The minimum Gasteiger partial charge on any atom is -0.451 e. The molecule has 0 saturated heterocycles. The van der Waals surface area contributed by atoms with Crippen LogP contribution in [-0.2, 0) is 9.53 Å². The Morgan fingerprint density at radius 3 is 2.61 bits per heavy atom. The van der Waals surface area contributed by atoms with Gasteiger partial charge in [-0.05, 0) is 30.4 Å². The third kappa shape index (κ3) is 4.93. The molecule has 0 fully saturated rings. The van der Waals surface area contributed by atoms with Gasteiger partial charge in [0, 0.05) is 12.1 Å². The summed E-state index contributed by atoms with van der Waals surface area (Å²) in [5.41, 5.74) is 2.97. The molecule has 0 aliphatic rings. The maximum atomic E-state index is 12.2. The largest absolute Gasteiger partial charge is 0.451 e. The van der Waals surface area contributed by atoms with Crippen LogP contribution in [0.5, 0.6) is 0 Å². The number of amides is 1. The lowest BCUT2D eigenvalue weighted by Gasteiger charge is -2.07. The fourth-order valence-electron chi connectivity index (χ4n) is 2.08. The fourth-order valence-corrected chi connectivity index (χ4v) is 2.89. The molecule has 5 heteroatoms. The Morgan fingerprint density at radius 1 is 1.17 bits per heavy atom. The molecule has 0 radical (unpaired) electrons. The van der Waals surface area contributed by atoms with Gasteiger partial charge < -0.3 is 10.1 Å². The molecule has 1 amide bonds. The molecule has 0 aliphatic heterocycles. The molecule has 0 spiro atoms. The maximum Gasteiger partial charge on any atom is 0.349 e. The van der Waals surface area contributed by atoms with Gasteiger partial charge in [0.1, 0.15) is 4.88 Å². The van der Waals surface area contributed by atoms with Gasteiger partial charge in [-0.15, -0.1) is 11.3 Å². The first-order chi connectivity index (χ1) is 11.1. The van der Waals surface area contributed by atoms with E-state index in [0.717, 1.165) is 29.5 Å². The van der Waals surface area contributed by atoms with E-state index in [1.54, 1.807) is 0 Å². The lowest BCUT2D eigenvalue weighted by atomic mass is 10.1. The van der Waals surface area contributed by atoms with Crippen LogP contribution in [-0.4, -0.2) is 25.0 Å². The number of benzene rings is 1. The summed E-state index contributed by atoms with van der Waals surface area (Å²) < 4.78 is 5.12. The van der Waals surface area contributed by atoms with E-state index in [4.69, 9.17) is 4.74 Å². The van der Waals surface area contributed by atoms with Gasteiger partial charge >= 0.3 is 5.97 Å². The van der Waals surface area contributed by atoms with Gasteiger partial charge in [-0.1, -0.05) is 43.2 Å². The van der Waals surface area contributed by atoms with Crippen LogP contribution in [0.25, 0.3) is 11.1 Å². The van der Waals surface area contributed by atoms with Crippen molar-refractivity contribution in [2.45, 2.75) is 26.7 Å². The van der Waals surface area contributed by atoms with E-state index in [0.29, 0.717) is 11.4 Å². The van der Waals surface area contributed by atoms with Crippen LogP contribution in [0, 0.1) is 6.92 Å². The minimum absolute atomic E-state index is 0.242. The number of nitrogens with one attached hydrogen (secondary N) is 1. The van der Waals surface area contributed by atoms with E-state index in [9.17, 15) is 9.59 Å². The molecule has 1 aromatic heterocycles. The van der Waals surface area contributed by atoms with E-state index in [1.165, 1.54) is 11.3 Å². The fraction of sp³-hybridized carbons (Fsp3) is 0.333. The van der Waals surface area contributed by atoms with Crippen LogP contribution in [0.3, 0.4) is 0 Å². The summed E-state index contributed by atoms with van der Waals surface area (Å²) in [6.07, 6.45) is 1.93. The molecular formula is C18H21NO3S. The van der Waals surface area contributed by atoms with Crippen molar-refractivity contribution < 1.29 is 14.3 Å². The van der Waals surface area contributed by atoms with Gasteiger partial charge in [0.05, 0.1) is 0 Å². The van der Waals surface area contributed by atoms with Crippen LogP contribution < -0.4 is 5.32 Å². The smallest absolute Gasteiger partial charge is 0.349 e. The van der Waals surface area contributed by atoms with Crippen molar-refractivity contribution in [1.82, 2.24) is 5.32 Å². The highest BCUT2D eigenvalue weighted by Gasteiger charge is 2.17. The molecule has 122 valence electrons. The monoisotopic (exact) mass is 331 g/mol. The Hall–Kier alpha value is -2.14. The second kappa shape index (κ2) is 8.48. The number of unbranched alkanes of at least 4 members (excludes halogenated alkanes) is 1. The van der Waals surface area contributed by atoms with E-state index < -0.39 is 5.97 Å². The van der Waals surface area contributed by atoms with Gasteiger partial charge in [-0.3, -0.25) is 4.79 Å². The first-order valence-electron chi connectivity index (χ1n) is 7.70. The lowest BCUT2D eigenvalue weighted by molar-refractivity contribution is -0.124. The van der Waals surface area contributed by atoms with Gasteiger partial charge in [-0.25, -0.2) is 4.79 Å². The van der Waals surface area contributed by atoms with E-state index in [-0.39, 0.29) is 12.5 Å². The number of carbonyl (C=O) groups excluding carboxylic acids is 2. The first-order valence-corrected chi connectivity index (χ1v) is 8.58. The zero-order valence-corrected chi connectivity index (χ0v) is 14.2. The van der Waals surface area contributed by atoms with Crippen molar-refractivity contribution in [2.24, 2.45) is 0 Å². The SMILES string of the molecule is CCCCNC(=O)COC(=O)c1sccc1-c1ccc(C)cc1. The van der Waals surface area contributed by atoms with E-state index >= 15 is 0 Å². The number of hydrogen-bond acceptors (Lipinski definition) is 4. The number of rotatable bonds is 7. The Morgan fingerprint density at radius 2 is 1.91 bits per heavy atom. The average molecular weight is 331 g/mol. The predicted octanol–water partition coefficient (Wildman–Crippen LogP) is 3.80. The molecule has 2 rings (SSSR count). The minimum atomic E-state index is -0.457. The number of ether oxygens (including phenoxy) is 1. The lowest BCUT2D eigenvalue weighted by Crippen LogP contribution is -2.29. The maximum absolute atomic E-state index is 12.2. The van der Waals surface area contributed by atoms with Crippen molar-refractivity contribution in [1.29, 1.82) is 0 Å². The standard InChI is InChI=1S/C18H21NO3S/c1-3-4-10-19-16(20)12-22-18(21)17-15(9-11-23-17)14-7-5-13(2)6-8-14/h5-9,11H,3-4,10,12H2,1-2H3,(H,19,20). The Labute approximate surface area is 140 Å². The summed E-state index contributed by atoms with van der Waals surface area (Å²) in [6.45, 7) is 4.44. The molecule has 1 heterocycles.